The minimum Gasteiger partial charge on any atom is -0.493 e. The third-order valence-corrected chi connectivity index (χ3v) is 5.89. The number of fused-ring (bicyclic) bond motifs is 3. The van der Waals surface area contributed by atoms with E-state index in [1.807, 2.05) is 35.5 Å². The molecule has 0 spiro atoms. The number of methoxy groups -OCH3 is 2. The zero-order valence-electron chi connectivity index (χ0n) is 15.2. The lowest BCUT2D eigenvalue weighted by molar-refractivity contribution is 0.223. The average molecular weight is 374 g/mol. The van der Waals surface area contributed by atoms with Crippen LogP contribution >= 0.6 is 11.8 Å². The van der Waals surface area contributed by atoms with Crippen molar-refractivity contribution in [2.75, 3.05) is 38.8 Å². The van der Waals surface area contributed by atoms with E-state index >= 15 is 0 Å². The summed E-state index contributed by atoms with van der Waals surface area (Å²) in [5.74, 6) is 3.49. The van der Waals surface area contributed by atoms with Crippen LogP contribution in [0.3, 0.4) is 0 Å². The maximum atomic E-state index is 13.1. The van der Waals surface area contributed by atoms with Crippen LogP contribution in [0.4, 0.5) is 0 Å². The van der Waals surface area contributed by atoms with Gasteiger partial charge in [-0.25, -0.2) is 4.68 Å². The molecule has 3 heterocycles. The SMILES string of the molecule is COc1cc2c3cnn(CN4CCSCC4)c(=O)c3n(C)c2cc1OC. The van der Waals surface area contributed by atoms with Crippen molar-refractivity contribution in [1.29, 1.82) is 0 Å². The molecule has 138 valence electrons. The van der Waals surface area contributed by atoms with Crippen LogP contribution in [0.25, 0.3) is 21.8 Å². The molecule has 7 nitrogen and oxygen atoms in total. The van der Waals surface area contributed by atoms with Gasteiger partial charge in [0.05, 0.1) is 32.6 Å². The average Bonchev–Trinajstić information content (AvgIpc) is 2.95. The molecule has 0 aliphatic carbocycles. The largest absolute Gasteiger partial charge is 0.493 e. The Morgan fingerprint density at radius 1 is 1.12 bits per heavy atom. The molecule has 1 aliphatic heterocycles. The lowest BCUT2D eigenvalue weighted by Crippen LogP contribution is -2.38. The van der Waals surface area contributed by atoms with Crippen molar-refractivity contribution in [3.05, 3.63) is 28.7 Å². The van der Waals surface area contributed by atoms with Crippen LogP contribution in [0.2, 0.25) is 0 Å². The first-order valence-corrected chi connectivity index (χ1v) is 9.70. The number of benzene rings is 1. The summed E-state index contributed by atoms with van der Waals surface area (Å²) in [7, 11) is 5.12. The minimum atomic E-state index is -0.0719. The molecule has 0 N–H and O–H groups in total. The predicted molar refractivity (Wildman–Crippen MR) is 104 cm³/mol. The van der Waals surface area contributed by atoms with E-state index in [2.05, 4.69) is 10.00 Å². The molecule has 0 radical (unpaired) electrons. The minimum absolute atomic E-state index is 0.0719. The molecule has 0 bridgehead atoms. The van der Waals surface area contributed by atoms with Gasteiger partial charge in [0.15, 0.2) is 11.5 Å². The summed E-state index contributed by atoms with van der Waals surface area (Å²) >= 11 is 1.95. The second-order valence-electron chi connectivity index (χ2n) is 6.37. The van der Waals surface area contributed by atoms with Gasteiger partial charge < -0.3 is 14.0 Å². The number of thioether (sulfide) groups is 1. The van der Waals surface area contributed by atoms with Gasteiger partial charge in [0.1, 0.15) is 5.52 Å². The fourth-order valence-electron chi connectivity index (χ4n) is 3.51. The fourth-order valence-corrected chi connectivity index (χ4v) is 4.49. The third kappa shape index (κ3) is 2.73. The number of aromatic nitrogens is 3. The summed E-state index contributed by atoms with van der Waals surface area (Å²) in [6, 6.07) is 3.81. The normalized spacial score (nSPS) is 15.7. The Hall–Kier alpha value is -2.19. The van der Waals surface area contributed by atoms with E-state index in [1.54, 1.807) is 25.1 Å². The Balaban J connectivity index is 1.87. The lowest BCUT2D eigenvalue weighted by Gasteiger charge is -2.25. The third-order valence-electron chi connectivity index (χ3n) is 4.94. The van der Waals surface area contributed by atoms with Crippen molar-refractivity contribution in [2.45, 2.75) is 6.67 Å². The summed E-state index contributed by atoms with van der Waals surface area (Å²) < 4.78 is 14.3. The van der Waals surface area contributed by atoms with Crippen LogP contribution in [0.1, 0.15) is 0 Å². The van der Waals surface area contributed by atoms with Crippen molar-refractivity contribution in [1.82, 2.24) is 19.2 Å². The first kappa shape index (κ1) is 17.2. The smallest absolute Gasteiger partial charge is 0.292 e. The molecule has 1 aromatic carbocycles. The Bertz CT molecular complexity index is 1020. The maximum Gasteiger partial charge on any atom is 0.292 e. The van der Waals surface area contributed by atoms with E-state index in [1.165, 1.54) is 0 Å². The Morgan fingerprint density at radius 2 is 1.81 bits per heavy atom. The number of aryl methyl sites for hydroxylation is 1. The first-order chi connectivity index (χ1) is 12.6. The van der Waals surface area contributed by atoms with Gasteiger partial charge in [-0.3, -0.25) is 9.69 Å². The zero-order chi connectivity index (χ0) is 18.3. The van der Waals surface area contributed by atoms with Gasteiger partial charge >= 0.3 is 0 Å². The predicted octanol–water partition coefficient (Wildman–Crippen LogP) is 1.91. The molecule has 8 heteroatoms. The summed E-state index contributed by atoms with van der Waals surface area (Å²) in [4.78, 5) is 15.4. The quantitative estimate of drug-likeness (QED) is 0.695. The lowest BCUT2D eigenvalue weighted by atomic mass is 10.2. The van der Waals surface area contributed by atoms with Crippen LogP contribution in [-0.2, 0) is 13.7 Å². The summed E-state index contributed by atoms with van der Waals surface area (Å²) in [6.07, 6.45) is 1.78. The molecule has 1 fully saturated rings. The number of hydrogen-bond donors (Lipinski definition) is 0. The molecule has 4 rings (SSSR count). The molecule has 1 aliphatic rings. The number of ether oxygens (including phenoxy) is 2. The molecule has 2 aromatic heterocycles. The zero-order valence-corrected chi connectivity index (χ0v) is 16.0. The topological polar surface area (TPSA) is 61.5 Å². The number of rotatable bonds is 4. The van der Waals surface area contributed by atoms with Crippen LogP contribution in [0, 0.1) is 0 Å². The van der Waals surface area contributed by atoms with E-state index in [-0.39, 0.29) is 5.56 Å². The highest BCUT2D eigenvalue weighted by Crippen LogP contribution is 2.36. The maximum absolute atomic E-state index is 13.1. The summed E-state index contributed by atoms with van der Waals surface area (Å²) in [5, 5.41) is 6.20. The van der Waals surface area contributed by atoms with Crippen molar-refractivity contribution >= 4 is 33.6 Å². The molecule has 0 unspecified atom stereocenters. The molecular formula is C18H22N4O3S. The van der Waals surface area contributed by atoms with Crippen LogP contribution in [-0.4, -0.2) is 58.1 Å². The molecular weight excluding hydrogens is 352 g/mol. The van der Waals surface area contributed by atoms with Crippen molar-refractivity contribution in [3.8, 4) is 11.5 Å². The molecule has 0 atom stereocenters. The Labute approximate surface area is 155 Å². The number of nitrogens with zero attached hydrogens (tertiary/aromatic N) is 4. The van der Waals surface area contributed by atoms with E-state index in [0.717, 1.165) is 40.9 Å². The monoisotopic (exact) mass is 374 g/mol. The van der Waals surface area contributed by atoms with Gasteiger partial charge in [-0.1, -0.05) is 0 Å². The van der Waals surface area contributed by atoms with Crippen molar-refractivity contribution in [3.63, 3.8) is 0 Å². The highest BCUT2D eigenvalue weighted by atomic mass is 32.2. The van der Waals surface area contributed by atoms with Crippen LogP contribution < -0.4 is 15.0 Å². The molecule has 26 heavy (non-hydrogen) atoms. The van der Waals surface area contributed by atoms with Gasteiger partial charge in [-0.05, 0) is 6.07 Å². The van der Waals surface area contributed by atoms with Gasteiger partial charge in [0.25, 0.3) is 5.56 Å². The highest BCUT2D eigenvalue weighted by Gasteiger charge is 2.18. The van der Waals surface area contributed by atoms with Gasteiger partial charge in [0, 0.05) is 48.5 Å². The highest BCUT2D eigenvalue weighted by molar-refractivity contribution is 7.99. The van der Waals surface area contributed by atoms with E-state index in [0.29, 0.717) is 23.7 Å². The van der Waals surface area contributed by atoms with E-state index in [4.69, 9.17) is 9.47 Å². The molecule has 0 amide bonds. The van der Waals surface area contributed by atoms with Gasteiger partial charge in [-0.15, -0.1) is 0 Å². The first-order valence-electron chi connectivity index (χ1n) is 8.54. The fraction of sp³-hybridized carbons (Fsp3) is 0.444. The second kappa shape index (κ2) is 6.85. The standard InChI is InChI=1S/C18H22N4O3S/c1-20-14-9-16(25-3)15(24-2)8-12(14)13-10-19-22(18(23)17(13)20)11-21-4-6-26-7-5-21/h8-10H,4-7,11H2,1-3H3. The van der Waals surface area contributed by atoms with Crippen molar-refractivity contribution in [2.24, 2.45) is 7.05 Å². The van der Waals surface area contributed by atoms with Gasteiger partial charge in [0.2, 0.25) is 0 Å². The van der Waals surface area contributed by atoms with Crippen molar-refractivity contribution < 1.29 is 9.47 Å². The van der Waals surface area contributed by atoms with E-state index in [9.17, 15) is 4.79 Å². The van der Waals surface area contributed by atoms with Crippen LogP contribution in [0.5, 0.6) is 11.5 Å². The molecule has 3 aromatic rings. The Morgan fingerprint density at radius 3 is 2.50 bits per heavy atom. The van der Waals surface area contributed by atoms with Gasteiger partial charge in [-0.2, -0.15) is 16.9 Å². The second-order valence-corrected chi connectivity index (χ2v) is 7.59. The molecule has 1 saturated heterocycles. The summed E-state index contributed by atoms with van der Waals surface area (Å²) in [6.45, 7) is 2.50. The summed E-state index contributed by atoms with van der Waals surface area (Å²) in [5.41, 5.74) is 1.50. The Kier molecular flexibility index (Phi) is 4.54. The number of hydrogen-bond acceptors (Lipinski definition) is 6. The van der Waals surface area contributed by atoms with E-state index < -0.39 is 0 Å². The van der Waals surface area contributed by atoms with Crippen LogP contribution in [0.15, 0.2) is 23.1 Å². The molecule has 0 saturated carbocycles.